The number of ether oxygens (including phenoxy) is 1. The van der Waals surface area contributed by atoms with Crippen molar-refractivity contribution in [1.82, 2.24) is 20.1 Å². The fourth-order valence-corrected chi connectivity index (χ4v) is 3.40. The van der Waals surface area contributed by atoms with Crippen LogP contribution in [0.4, 0.5) is 4.79 Å². The molecule has 7 nitrogen and oxygen atoms in total. The minimum Gasteiger partial charge on any atom is -0.497 e. The van der Waals surface area contributed by atoms with E-state index in [1.54, 1.807) is 12.0 Å². The van der Waals surface area contributed by atoms with Gasteiger partial charge in [-0.3, -0.25) is 4.79 Å². The number of carbonyl (C=O) groups excluding carboxylic acids is 1. The van der Waals surface area contributed by atoms with Crippen LogP contribution in [0, 0.1) is 0 Å². The van der Waals surface area contributed by atoms with Gasteiger partial charge in [0, 0.05) is 29.6 Å². The number of urea groups is 1. The number of H-pyrrole nitrogens is 1. The van der Waals surface area contributed by atoms with Crippen molar-refractivity contribution in [2.24, 2.45) is 0 Å². The summed E-state index contributed by atoms with van der Waals surface area (Å²) >= 11 is 0. The molecule has 0 fully saturated rings. The number of methoxy groups -OCH3 is 1. The van der Waals surface area contributed by atoms with Crippen LogP contribution in [0.15, 0.2) is 59.4 Å². The van der Waals surface area contributed by atoms with Gasteiger partial charge in [-0.1, -0.05) is 30.3 Å². The number of pyridine rings is 1. The van der Waals surface area contributed by atoms with E-state index in [1.165, 1.54) is 0 Å². The molecule has 0 spiro atoms. The third-order valence-corrected chi connectivity index (χ3v) is 5.10. The zero-order valence-corrected chi connectivity index (χ0v) is 18.4. The highest BCUT2D eigenvalue weighted by Crippen LogP contribution is 2.19. The molecule has 2 amide bonds. The fourth-order valence-electron chi connectivity index (χ4n) is 3.40. The summed E-state index contributed by atoms with van der Waals surface area (Å²) in [5.41, 5.74) is 2.12. The second-order valence-electron chi connectivity index (χ2n) is 7.80. The van der Waals surface area contributed by atoms with Crippen LogP contribution in [-0.4, -0.2) is 55.1 Å². The SMILES string of the molecule is COc1ccc2[nH]c(=O)c(CN(CCCN(C)C)C(=O)NCc3ccccc3)cc2c1. The Morgan fingerprint density at radius 3 is 2.55 bits per heavy atom. The molecule has 164 valence electrons. The average molecular weight is 423 g/mol. The van der Waals surface area contributed by atoms with Gasteiger partial charge in [0.25, 0.3) is 5.56 Å². The van der Waals surface area contributed by atoms with Crippen molar-refractivity contribution in [3.63, 3.8) is 0 Å². The number of nitrogens with zero attached hydrogens (tertiary/aromatic N) is 2. The third kappa shape index (κ3) is 6.33. The molecule has 0 saturated carbocycles. The summed E-state index contributed by atoms with van der Waals surface area (Å²) in [7, 11) is 5.61. The summed E-state index contributed by atoms with van der Waals surface area (Å²) in [5, 5.41) is 3.84. The summed E-state index contributed by atoms with van der Waals surface area (Å²) in [6.45, 7) is 2.08. The van der Waals surface area contributed by atoms with E-state index < -0.39 is 0 Å². The van der Waals surface area contributed by atoms with Gasteiger partial charge in [0.15, 0.2) is 0 Å². The number of nitrogens with one attached hydrogen (secondary N) is 2. The molecule has 0 atom stereocenters. The molecule has 0 saturated heterocycles. The van der Waals surface area contributed by atoms with Crippen molar-refractivity contribution in [2.75, 3.05) is 34.3 Å². The lowest BCUT2D eigenvalue weighted by atomic mass is 10.1. The molecule has 1 heterocycles. The van der Waals surface area contributed by atoms with Gasteiger partial charge >= 0.3 is 6.03 Å². The quantitative estimate of drug-likeness (QED) is 0.555. The van der Waals surface area contributed by atoms with E-state index in [9.17, 15) is 9.59 Å². The molecular weight excluding hydrogens is 392 g/mol. The molecule has 0 radical (unpaired) electrons. The Morgan fingerprint density at radius 2 is 1.84 bits per heavy atom. The molecule has 0 aliphatic heterocycles. The zero-order chi connectivity index (χ0) is 22.2. The van der Waals surface area contributed by atoms with Gasteiger partial charge in [-0.15, -0.1) is 0 Å². The number of fused-ring (bicyclic) bond motifs is 1. The van der Waals surface area contributed by atoms with Crippen LogP contribution in [0.1, 0.15) is 17.5 Å². The van der Waals surface area contributed by atoms with Crippen molar-refractivity contribution in [3.8, 4) is 5.75 Å². The molecule has 1 aromatic heterocycles. The second kappa shape index (κ2) is 10.6. The first-order chi connectivity index (χ1) is 15.0. The number of aromatic amines is 1. The minimum absolute atomic E-state index is 0.187. The van der Waals surface area contributed by atoms with E-state index in [-0.39, 0.29) is 18.1 Å². The molecule has 0 unspecified atom stereocenters. The van der Waals surface area contributed by atoms with Gasteiger partial charge < -0.3 is 24.8 Å². The maximum atomic E-state index is 12.9. The highest BCUT2D eigenvalue weighted by atomic mass is 16.5. The fraction of sp³-hybridized carbons (Fsp3) is 0.333. The lowest BCUT2D eigenvalue weighted by Crippen LogP contribution is -2.41. The maximum absolute atomic E-state index is 12.9. The first-order valence-corrected chi connectivity index (χ1v) is 10.4. The second-order valence-corrected chi connectivity index (χ2v) is 7.80. The van der Waals surface area contributed by atoms with Crippen LogP contribution in [-0.2, 0) is 13.1 Å². The summed E-state index contributed by atoms with van der Waals surface area (Å²) in [6.07, 6.45) is 0.811. The van der Waals surface area contributed by atoms with E-state index >= 15 is 0 Å². The predicted molar refractivity (Wildman–Crippen MR) is 123 cm³/mol. The van der Waals surface area contributed by atoms with Gasteiger partial charge in [-0.05, 0) is 56.9 Å². The smallest absolute Gasteiger partial charge is 0.317 e. The van der Waals surface area contributed by atoms with Crippen LogP contribution in [0.25, 0.3) is 10.9 Å². The van der Waals surface area contributed by atoms with Crippen LogP contribution in [0.5, 0.6) is 5.75 Å². The van der Waals surface area contributed by atoms with E-state index in [4.69, 9.17) is 4.74 Å². The number of benzene rings is 2. The topological polar surface area (TPSA) is 77.7 Å². The predicted octanol–water partition coefficient (Wildman–Crippen LogP) is 3.20. The number of hydrogen-bond acceptors (Lipinski definition) is 4. The van der Waals surface area contributed by atoms with Gasteiger partial charge in [0.2, 0.25) is 0 Å². The van der Waals surface area contributed by atoms with Gasteiger partial charge in [0.05, 0.1) is 13.7 Å². The molecule has 2 N–H and O–H groups in total. The lowest BCUT2D eigenvalue weighted by molar-refractivity contribution is 0.191. The molecule has 3 rings (SSSR count). The van der Waals surface area contributed by atoms with Crippen molar-refractivity contribution < 1.29 is 9.53 Å². The summed E-state index contributed by atoms with van der Waals surface area (Å²) in [6, 6.07) is 16.9. The van der Waals surface area contributed by atoms with E-state index in [0.29, 0.717) is 24.4 Å². The monoisotopic (exact) mass is 422 g/mol. The molecule has 0 bridgehead atoms. The molecule has 0 aliphatic rings. The number of hydrogen-bond donors (Lipinski definition) is 2. The Labute approximate surface area is 182 Å². The van der Waals surface area contributed by atoms with Crippen molar-refractivity contribution in [2.45, 2.75) is 19.5 Å². The Morgan fingerprint density at radius 1 is 1.06 bits per heavy atom. The average Bonchev–Trinajstić information content (AvgIpc) is 2.77. The summed E-state index contributed by atoms with van der Waals surface area (Å²) in [5.74, 6) is 0.717. The van der Waals surface area contributed by atoms with Gasteiger partial charge in [-0.2, -0.15) is 0 Å². The Bertz CT molecular complexity index is 1060. The van der Waals surface area contributed by atoms with Gasteiger partial charge in [0.1, 0.15) is 5.75 Å². The van der Waals surface area contributed by atoms with E-state index in [2.05, 4.69) is 15.2 Å². The van der Waals surface area contributed by atoms with Crippen molar-refractivity contribution >= 4 is 16.9 Å². The molecule has 3 aromatic rings. The van der Waals surface area contributed by atoms with Crippen molar-refractivity contribution in [1.29, 1.82) is 0 Å². The minimum atomic E-state index is -0.189. The standard InChI is InChI=1S/C24H30N4O3/c1-27(2)12-7-13-28(24(30)25-16-18-8-5-4-6-9-18)17-20-14-19-15-21(31-3)10-11-22(19)26-23(20)29/h4-6,8-11,14-15H,7,12-13,16-17H2,1-3H3,(H,25,30)(H,26,29). The summed E-state index contributed by atoms with van der Waals surface area (Å²) < 4.78 is 5.29. The van der Waals surface area contributed by atoms with Crippen LogP contribution >= 0.6 is 0 Å². The number of carbonyl (C=O) groups is 1. The maximum Gasteiger partial charge on any atom is 0.317 e. The molecule has 7 heteroatoms. The van der Waals surface area contributed by atoms with E-state index in [0.717, 1.165) is 29.4 Å². The Hall–Kier alpha value is -3.32. The van der Waals surface area contributed by atoms with Gasteiger partial charge in [-0.25, -0.2) is 4.79 Å². The van der Waals surface area contributed by atoms with Crippen molar-refractivity contribution in [3.05, 3.63) is 76.1 Å². The zero-order valence-electron chi connectivity index (χ0n) is 18.4. The highest BCUT2D eigenvalue weighted by molar-refractivity contribution is 5.80. The van der Waals surface area contributed by atoms with Crippen LogP contribution < -0.4 is 15.6 Å². The Balaban J connectivity index is 1.78. The molecule has 0 aliphatic carbocycles. The van der Waals surface area contributed by atoms with E-state index in [1.807, 2.05) is 68.7 Å². The number of amides is 2. The molecular formula is C24H30N4O3. The summed E-state index contributed by atoms with van der Waals surface area (Å²) in [4.78, 5) is 32.3. The number of rotatable bonds is 9. The molecule has 2 aromatic carbocycles. The first kappa shape index (κ1) is 22.4. The largest absolute Gasteiger partial charge is 0.497 e. The lowest BCUT2D eigenvalue weighted by Gasteiger charge is -2.24. The van der Waals surface area contributed by atoms with Crippen LogP contribution in [0.3, 0.4) is 0 Å². The normalized spacial score (nSPS) is 11.0. The first-order valence-electron chi connectivity index (χ1n) is 10.4. The Kier molecular flexibility index (Phi) is 7.67. The third-order valence-electron chi connectivity index (χ3n) is 5.10. The molecule has 31 heavy (non-hydrogen) atoms. The van der Waals surface area contributed by atoms with Crippen LogP contribution in [0.2, 0.25) is 0 Å². The number of aromatic nitrogens is 1. The highest BCUT2D eigenvalue weighted by Gasteiger charge is 2.16.